The SMILES string of the molecule is Cc1ccc(C(NC(=O)C2CCN(S(=O)(=O)c3cc(Cl)ccc3Cl)CC2)C2CC2)cc1. The van der Waals surface area contributed by atoms with Gasteiger partial charge >= 0.3 is 0 Å². The van der Waals surface area contributed by atoms with E-state index in [-0.39, 0.29) is 40.9 Å². The number of amides is 1. The minimum Gasteiger partial charge on any atom is -0.349 e. The van der Waals surface area contributed by atoms with Gasteiger partial charge in [-0.15, -0.1) is 0 Å². The summed E-state index contributed by atoms with van der Waals surface area (Å²) < 4.78 is 27.4. The molecule has 0 bridgehead atoms. The lowest BCUT2D eigenvalue weighted by Gasteiger charge is -2.32. The van der Waals surface area contributed by atoms with Gasteiger partial charge < -0.3 is 5.32 Å². The lowest BCUT2D eigenvalue weighted by Crippen LogP contribution is -2.44. The van der Waals surface area contributed by atoms with E-state index in [2.05, 4.69) is 29.6 Å². The molecule has 2 aliphatic rings. The molecule has 1 unspecified atom stereocenters. The summed E-state index contributed by atoms with van der Waals surface area (Å²) in [6.45, 7) is 2.61. The zero-order valence-electron chi connectivity index (χ0n) is 17.4. The van der Waals surface area contributed by atoms with Crippen molar-refractivity contribution in [3.8, 4) is 0 Å². The first-order valence-corrected chi connectivity index (χ1v) is 12.8. The number of carbonyl (C=O) groups excluding carboxylic acids is 1. The lowest BCUT2D eigenvalue weighted by molar-refractivity contribution is -0.127. The smallest absolute Gasteiger partial charge is 0.244 e. The van der Waals surface area contributed by atoms with E-state index in [4.69, 9.17) is 23.2 Å². The van der Waals surface area contributed by atoms with E-state index in [0.29, 0.717) is 23.8 Å². The molecule has 1 saturated heterocycles. The molecule has 1 heterocycles. The number of halogens is 2. The number of benzene rings is 2. The van der Waals surface area contributed by atoms with Gasteiger partial charge in [-0.3, -0.25) is 4.79 Å². The first kappa shape index (κ1) is 22.6. The number of piperidine rings is 1. The van der Waals surface area contributed by atoms with Gasteiger partial charge in [-0.2, -0.15) is 4.31 Å². The molecule has 0 radical (unpaired) electrons. The van der Waals surface area contributed by atoms with Crippen molar-refractivity contribution in [2.75, 3.05) is 13.1 Å². The Morgan fingerprint density at radius 3 is 2.29 bits per heavy atom. The van der Waals surface area contributed by atoms with Crippen LogP contribution in [0.25, 0.3) is 0 Å². The largest absolute Gasteiger partial charge is 0.349 e. The average molecular weight is 481 g/mol. The number of aryl methyl sites for hydroxylation is 1. The molecule has 1 aliphatic heterocycles. The second-order valence-electron chi connectivity index (χ2n) is 8.49. The highest BCUT2D eigenvalue weighted by molar-refractivity contribution is 7.89. The average Bonchev–Trinajstić information content (AvgIpc) is 3.59. The third kappa shape index (κ3) is 5.08. The van der Waals surface area contributed by atoms with Crippen molar-refractivity contribution in [1.82, 2.24) is 9.62 Å². The van der Waals surface area contributed by atoms with Crippen molar-refractivity contribution in [1.29, 1.82) is 0 Å². The van der Waals surface area contributed by atoms with Gasteiger partial charge in [-0.05, 0) is 62.3 Å². The van der Waals surface area contributed by atoms with Crippen LogP contribution < -0.4 is 5.32 Å². The zero-order valence-corrected chi connectivity index (χ0v) is 19.7. The van der Waals surface area contributed by atoms with E-state index < -0.39 is 10.0 Å². The van der Waals surface area contributed by atoms with Crippen LogP contribution in [0.3, 0.4) is 0 Å². The number of rotatable bonds is 6. The van der Waals surface area contributed by atoms with Gasteiger partial charge in [0.05, 0.1) is 11.1 Å². The molecule has 2 fully saturated rings. The molecule has 1 aliphatic carbocycles. The normalized spacial score (nSPS) is 19.2. The van der Waals surface area contributed by atoms with Gasteiger partial charge in [0.2, 0.25) is 15.9 Å². The van der Waals surface area contributed by atoms with Gasteiger partial charge in [0.1, 0.15) is 4.90 Å². The fraction of sp³-hybridized carbons (Fsp3) is 0.435. The van der Waals surface area contributed by atoms with Crippen molar-refractivity contribution in [3.63, 3.8) is 0 Å². The Morgan fingerprint density at radius 1 is 1.03 bits per heavy atom. The summed E-state index contributed by atoms with van der Waals surface area (Å²) in [6.07, 6.45) is 3.20. The van der Waals surface area contributed by atoms with Gasteiger partial charge in [-0.1, -0.05) is 53.0 Å². The van der Waals surface area contributed by atoms with Crippen molar-refractivity contribution in [2.24, 2.45) is 11.8 Å². The van der Waals surface area contributed by atoms with Crippen molar-refractivity contribution in [3.05, 3.63) is 63.6 Å². The monoisotopic (exact) mass is 480 g/mol. The fourth-order valence-electron chi connectivity index (χ4n) is 4.12. The van der Waals surface area contributed by atoms with Crippen LogP contribution in [-0.2, 0) is 14.8 Å². The Labute approximate surface area is 193 Å². The fourth-order valence-corrected chi connectivity index (χ4v) is 6.33. The summed E-state index contributed by atoms with van der Waals surface area (Å²) in [4.78, 5) is 13.0. The van der Waals surface area contributed by atoms with Crippen LogP contribution in [0.4, 0.5) is 0 Å². The van der Waals surface area contributed by atoms with E-state index in [1.165, 1.54) is 22.0 Å². The molecule has 0 spiro atoms. The van der Waals surface area contributed by atoms with Crippen LogP contribution >= 0.6 is 23.2 Å². The molecular formula is C23H26Cl2N2O3S. The van der Waals surface area contributed by atoms with E-state index in [1.54, 1.807) is 6.07 Å². The van der Waals surface area contributed by atoms with Gasteiger partial charge in [-0.25, -0.2) is 8.42 Å². The minimum absolute atomic E-state index is 0.00955. The Bertz CT molecular complexity index is 1060. The Balaban J connectivity index is 1.40. The molecule has 8 heteroatoms. The maximum Gasteiger partial charge on any atom is 0.244 e. The Hall–Kier alpha value is -1.60. The van der Waals surface area contributed by atoms with E-state index >= 15 is 0 Å². The molecule has 2 aromatic rings. The minimum atomic E-state index is -3.75. The number of carbonyl (C=O) groups is 1. The highest BCUT2D eigenvalue weighted by atomic mass is 35.5. The molecule has 1 atom stereocenters. The van der Waals surface area contributed by atoms with Crippen molar-refractivity contribution < 1.29 is 13.2 Å². The molecule has 1 N–H and O–H groups in total. The van der Waals surface area contributed by atoms with E-state index in [9.17, 15) is 13.2 Å². The van der Waals surface area contributed by atoms with Crippen LogP contribution in [0.15, 0.2) is 47.4 Å². The summed E-state index contributed by atoms with van der Waals surface area (Å²) in [5, 5.41) is 3.71. The van der Waals surface area contributed by atoms with Crippen molar-refractivity contribution >= 4 is 39.1 Å². The standard InChI is InChI=1S/C23H26Cl2N2O3S/c1-15-2-4-16(5-3-15)22(17-6-7-17)26-23(28)18-10-12-27(13-11-18)31(29,30)21-14-19(24)8-9-20(21)25/h2-5,8-9,14,17-18,22H,6-7,10-13H2,1H3,(H,26,28). The number of nitrogens with one attached hydrogen (secondary N) is 1. The maximum atomic E-state index is 13.0. The molecular weight excluding hydrogens is 455 g/mol. The Morgan fingerprint density at radius 2 is 1.68 bits per heavy atom. The molecule has 31 heavy (non-hydrogen) atoms. The highest BCUT2D eigenvalue weighted by Gasteiger charge is 2.37. The topological polar surface area (TPSA) is 66.5 Å². The van der Waals surface area contributed by atoms with Crippen LogP contribution in [-0.4, -0.2) is 31.7 Å². The third-order valence-corrected chi connectivity index (χ3v) is 8.78. The third-order valence-electron chi connectivity index (χ3n) is 6.16. The van der Waals surface area contributed by atoms with E-state index in [0.717, 1.165) is 18.4 Å². The lowest BCUT2D eigenvalue weighted by atomic mass is 9.95. The van der Waals surface area contributed by atoms with E-state index in [1.807, 2.05) is 6.92 Å². The first-order valence-electron chi connectivity index (χ1n) is 10.6. The number of sulfonamides is 1. The first-order chi connectivity index (χ1) is 14.8. The zero-order chi connectivity index (χ0) is 22.2. The quantitative estimate of drug-likeness (QED) is 0.634. The summed E-state index contributed by atoms with van der Waals surface area (Å²) in [6, 6.07) is 12.8. The number of nitrogens with zero attached hydrogens (tertiary/aromatic N) is 1. The number of hydrogen-bond donors (Lipinski definition) is 1. The van der Waals surface area contributed by atoms with Crippen LogP contribution in [0.5, 0.6) is 0 Å². The molecule has 1 amide bonds. The van der Waals surface area contributed by atoms with Crippen LogP contribution in [0.2, 0.25) is 10.0 Å². The summed E-state index contributed by atoms with van der Waals surface area (Å²) in [5.74, 6) is 0.292. The molecule has 1 saturated carbocycles. The summed E-state index contributed by atoms with van der Waals surface area (Å²) >= 11 is 12.1. The second kappa shape index (κ2) is 9.10. The molecule has 0 aromatic heterocycles. The molecule has 166 valence electrons. The number of hydrogen-bond acceptors (Lipinski definition) is 3. The van der Waals surface area contributed by atoms with Gasteiger partial charge in [0, 0.05) is 24.0 Å². The van der Waals surface area contributed by atoms with Crippen LogP contribution in [0.1, 0.15) is 42.9 Å². The van der Waals surface area contributed by atoms with Gasteiger partial charge in [0.15, 0.2) is 0 Å². The van der Waals surface area contributed by atoms with Gasteiger partial charge in [0.25, 0.3) is 0 Å². The maximum absolute atomic E-state index is 13.0. The van der Waals surface area contributed by atoms with Crippen LogP contribution in [0, 0.1) is 18.8 Å². The predicted molar refractivity (Wildman–Crippen MR) is 123 cm³/mol. The van der Waals surface area contributed by atoms with Crippen molar-refractivity contribution in [2.45, 2.75) is 43.5 Å². The second-order valence-corrected chi connectivity index (χ2v) is 11.2. The molecule has 4 rings (SSSR count). The summed E-state index contributed by atoms with van der Waals surface area (Å²) in [5.41, 5.74) is 2.33. The molecule has 2 aromatic carbocycles. The highest BCUT2D eigenvalue weighted by Crippen LogP contribution is 2.41. The Kier molecular flexibility index (Phi) is 6.63. The summed E-state index contributed by atoms with van der Waals surface area (Å²) in [7, 11) is -3.75. The molecule has 5 nitrogen and oxygen atoms in total. The predicted octanol–water partition coefficient (Wildman–Crippen LogP) is 4.97.